The van der Waals surface area contributed by atoms with Gasteiger partial charge in [0.15, 0.2) is 4.34 Å². The SMILES string of the molecule is C=CCNc1nnc(SCc2ccc(C(=O)N3CCCC3)cc2)s1. The smallest absolute Gasteiger partial charge is 0.253 e. The van der Waals surface area contributed by atoms with E-state index >= 15 is 0 Å². The van der Waals surface area contributed by atoms with Crippen LogP contribution in [0.3, 0.4) is 0 Å². The van der Waals surface area contributed by atoms with E-state index in [0.29, 0.717) is 6.54 Å². The molecule has 1 amide bonds. The van der Waals surface area contributed by atoms with Crippen molar-refractivity contribution in [3.8, 4) is 0 Å². The molecule has 1 saturated heterocycles. The number of benzene rings is 1. The Morgan fingerprint density at radius 3 is 2.75 bits per heavy atom. The number of thioether (sulfide) groups is 1. The quantitative estimate of drug-likeness (QED) is 0.603. The highest BCUT2D eigenvalue weighted by atomic mass is 32.2. The summed E-state index contributed by atoms with van der Waals surface area (Å²) in [5.74, 6) is 0.961. The average molecular weight is 361 g/mol. The summed E-state index contributed by atoms with van der Waals surface area (Å²) in [6, 6.07) is 7.89. The third kappa shape index (κ3) is 4.36. The molecule has 0 aliphatic carbocycles. The lowest BCUT2D eigenvalue weighted by Gasteiger charge is -2.15. The Labute approximate surface area is 150 Å². The van der Waals surface area contributed by atoms with Crippen LogP contribution in [0.2, 0.25) is 0 Å². The largest absolute Gasteiger partial charge is 0.357 e. The number of anilines is 1. The Balaban J connectivity index is 1.53. The Morgan fingerprint density at radius 2 is 2.04 bits per heavy atom. The Hall–Kier alpha value is -1.86. The highest BCUT2D eigenvalue weighted by Crippen LogP contribution is 2.28. The van der Waals surface area contributed by atoms with Gasteiger partial charge < -0.3 is 10.2 Å². The van der Waals surface area contributed by atoms with Crippen molar-refractivity contribution in [1.82, 2.24) is 15.1 Å². The zero-order chi connectivity index (χ0) is 16.8. The molecule has 3 rings (SSSR count). The number of hydrogen-bond acceptors (Lipinski definition) is 6. The second-order valence-electron chi connectivity index (χ2n) is 5.53. The van der Waals surface area contributed by atoms with Gasteiger partial charge >= 0.3 is 0 Å². The first-order valence-corrected chi connectivity index (χ1v) is 9.76. The molecule has 0 atom stereocenters. The summed E-state index contributed by atoms with van der Waals surface area (Å²) in [6.07, 6.45) is 4.02. The van der Waals surface area contributed by atoms with Gasteiger partial charge in [0.25, 0.3) is 5.91 Å². The van der Waals surface area contributed by atoms with Gasteiger partial charge in [-0.25, -0.2) is 0 Å². The summed E-state index contributed by atoms with van der Waals surface area (Å²) >= 11 is 3.19. The van der Waals surface area contributed by atoms with Crippen molar-refractivity contribution >= 4 is 34.1 Å². The fraction of sp³-hybridized carbons (Fsp3) is 0.353. The number of rotatable bonds is 7. The van der Waals surface area contributed by atoms with E-state index in [-0.39, 0.29) is 5.91 Å². The van der Waals surface area contributed by atoms with Crippen LogP contribution in [-0.4, -0.2) is 40.6 Å². The van der Waals surface area contributed by atoms with E-state index in [1.54, 1.807) is 17.8 Å². The molecule has 7 heteroatoms. The molecule has 2 aromatic rings. The molecule has 1 N–H and O–H groups in total. The highest BCUT2D eigenvalue weighted by Gasteiger charge is 2.19. The molecule has 1 aliphatic rings. The highest BCUT2D eigenvalue weighted by molar-refractivity contribution is 8.00. The number of hydrogen-bond donors (Lipinski definition) is 1. The van der Waals surface area contributed by atoms with Crippen molar-refractivity contribution < 1.29 is 4.79 Å². The molecule has 0 bridgehead atoms. The van der Waals surface area contributed by atoms with Crippen molar-refractivity contribution in [1.29, 1.82) is 0 Å². The van der Waals surface area contributed by atoms with Gasteiger partial charge in [0, 0.05) is 31.0 Å². The topological polar surface area (TPSA) is 58.1 Å². The number of likely N-dealkylation sites (tertiary alicyclic amines) is 1. The van der Waals surface area contributed by atoms with Gasteiger partial charge in [-0.3, -0.25) is 4.79 Å². The molecule has 1 aromatic carbocycles. The summed E-state index contributed by atoms with van der Waals surface area (Å²) < 4.78 is 0.929. The molecule has 0 spiro atoms. The first-order valence-electron chi connectivity index (χ1n) is 7.95. The lowest BCUT2D eigenvalue weighted by molar-refractivity contribution is 0.0793. The summed E-state index contributed by atoms with van der Waals surface area (Å²) in [7, 11) is 0. The molecule has 0 radical (unpaired) electrons. The fourth-order valence-electron chi connectivity index (χ4n) is 2.49. The second kappa shape index (κ2) is 8.30. The lowest BCUT2D eigenvalue weighted by atomic mass is 10.1. The van der Waals surface area contributed by atoms with Crippen LogP contribution in [0.15, 0.2) is 41.3 Å². The zero-order valence-corrected chi connectivity index (χ0v) is 15.0. The van der Waals surface area contributed by atoms with E-state index in [2.05, 4.69) is 22.1 Å². The van der Waals surface area contributed by atoms with E-state index < -0.39 is 0 Å². The van der Waals surface area contributed by atoms with Crippen LogP contribution in [0.4, 0.5) is 5.13 Å². The molecule has 2 heterocycles. The first kappa shape index (κ1) is 17.0. The van der Waals surface area contributed by atoms with E-state index in [1.165, 1.54) is 16.9 Å². The standard InChI is InChI=1S/C17H20N4OS2/c1-2-9-18-16-19-20-17(24-16)23-12-13-5-7-14(8-6-13)15(22)21-10-3-4-11-21/h2,5-8H,1,3-4,9-12H2,(H,18,19). The molecule has 1 aromatic heterocycles. The van der Waals surface area contributed by atoms with Gasteiger partial charge in [0.05, 0.1) is 0 Å². The summed E-state index contributed by atoms with van der Waals surface area (Å²) in [5, 5.41) is 12.2. The number of nitrogens with zero attached hydrogens (tertiary/aromatic N) is 3. The van der Waals surface area contributed by atoms with Crippen molar-refractivity contribution in [3.63, 3.8) is 0 Å². The Bertz CT molecular complexity index is 693. The number of aromatic nitrogens is 2. The third-order valence-corrected chi connectivity index (χ3v) is 5.85. The molecule has 0 unspecified atom stereocenters. The number of amides is 1. The van der Waals surface area contributed by atoms with Gasteiger partial charge in [-0.1, -0.05) is 41.3 Å². The molecule has 0 saturated carbocycles. The first-order chi connectivity index (χ1) is 11.8. The fourth-order valence-corrected chi connectivity index (χ4v) is 4.21. The minimum atomic E-state index is 0.147. The van der Waals surface area contributed by atoms with E-state index in [4.69, 9.17) is 0 Å². The predicted molar refractivity (Wildman–Crippen MR) is 99.7 cm³/mol. The maximum Gasteiger partial charge on any atom is 0.253 e. The van der Waals surface area contributed by atoms with Gasteiger partial charge in [-0.2, -0.15) is 0 Å². The Kier molecular flexibility index (Phi) is 5.87. The maximum absolute atomic E-state index is 12.3. The minimum absolute atomic E-state index is 0.147. The van der Waals surface area contributed by atoms with Gasteiger partial charge in [0.2, 0.25) is 5.13 Å². The molecule has 24 heavy (non-hydrogen) atoms. The van der Waals surface area contributed by atoms with Crippen LogP contribution in [0.5, 0.6) is 0 Å². The van der Waals surface area contributed by atoms with Crippen molar-refractivity contribution in [2.24, 2.45) is 0 Å². The predicted octanol–water partition coefficient (Wildman–Crippen LogP) is 3.66. The molecule has 1 fully saturated rings. The van der Waals surface area contributed by atoms with Crippen LogP contribution >= 0.6 is 23.1 Å². The van der Waals surface area contributed by atoms with Crippen molar-refractivity contribution in [2.75, 3.05) is 25.0 Å². The van der Waals surface area contributed by atoms with E-state index in [9.17, 15) is 4.79 Å². The van der Waals surface area contributed by atoms with Gasteiger partial charge in [-0.05, 0) is 30.5 Å². The normalized spacial score (nSPS) is 13.9. The number of carbonyl (C=O) groups excluding carboxylic acids is 1. The molecule has 1 aliphatic heterocycles. The number of carbonyl (C=O) groups is 1. The van der Waals surface area contributed by atoms with Crippen LogP contribution in [0.1, 0.15) is 28.8 Å². The average Bonchev–Trinajstić information content (AvgIpc) is 3.30. The van der Waals surface area contributed by atoms with Crippen LogP contribution in [-0.2, 0) is 5.75 Å². The van der Waals surface area contributed by atoms with Gasteiger partial charge in [0.1, 0.15) is 0 Å². The molecular weight excluding hydrogens is 340 g/mol. The van der Waals surface area contributed by atoms with Crippen LogP contribution in [0, 0.1) is 0 Å². The van der Waals surface area contributed by atoms with E-state index in [1.807, 2.05) is 29.2 Å². The molecule has 5 nitrogen and oxygen atoms in total. The third-order valence-electron chi connectivity index (χ3n) is 3.76. The van der Waals surface area contributed by atoms with Crippen LogP contribution in [0.25, 0.3) is 0 Å². The Morgan fingerprint density at radius 1 is 1.29 bits per heavy atom. The van der Waals surface area contributed by atoms with Crippen molar-refractivity contribution in [3.05, 3.63) is 48.0 Å². The zero-order valence-electron chi connectivity index (χ0n) is 13.4. The van der Waals surface area contributed by atoms with Gasteiger partial charge in [-0.15, -0.1) is 16.8 Å². The minimum Gasteiger partial charge on any atom is -0.357 e. The summed E-state index contributed by atoms with van der Waals surface area (Å²) in [6.45, 7) is 6.12. The summed E-state index contributed by atoms with van der Waals surface area (Å²) in [4.78, 5) is 14.3. The maximum atomic E-state index is 12.3. The summed E-state index contributed by atoms with van der Waals surface area (Å²) in [5.41, 5.74) is 1.95. The second-order valence-corrected chi connectivity index (χ2v) is 7.73. The lowest BCUT2D eigenvalue weighted by Crippen LogP contribution is -2.27. The monoisotopic (exact) mass is 360 g/mol. The molecule has 126 valence electrons. The number of nitrogens with one attached hydrogen (secondary N) is 1. The molecular formula is C17H20N4OS2. The van der Waals surface area contributed by atoms with Crippen LogP contribution < -0.4 is 5.32 Å². The van der Waals surface area contributed by atoms with E-state index in [0.717, 1.165) is 46.7 Å². The van der Waals surface area contributed by atoms with Crippen molar-refractivity contribution in [2.45, 2.75) is 22.9 Å².